The Morgan fingerprint density at radius 2 is 2.14 bits per heavy atom. The van der Waals surface area contributed by atoms with Crippen molar-refractivity contribution in [1.82, 2.24) is 5.32 Å². The highest BCUT2D eigenvalue weighted by Crippen LogP contribution is 2.38. The predicted molar refractivity (Wildman–Crippen MR) is 84.2 cm³/mol. The van der Waals surface area contributed by atoms with Gasteiger partial charge < -0.3 is 19.9 Å². The van der Waals surface area contributed by atoms with E-state index in [9.17, 15) is 5.11 Å². The lowest BCUT2D eigenvalue weighted by molar-refractivity contribution is 0.118. The van der Waals surface area contributed by atoms with E-state index in [1.54, 1.807) is 14.2 Å². The zero-order valence-electron chi connectivity index (χ0n) is 12.9. The molecule has 118 valence electrons. The molecule has 1 aromatic carbocycles. The van der Waals surface area contributed by atoms with Gasteiger partial charge in [-0.1, -0.05) is 24.9 Å². The number of hydrogen-bond donors (Lipinski definition) is 2. The number of methoxy groups -OCH3 is 2. The predicted octanol–water partition coefficient (Wildman–Crippen LogP) is 3.00. The Morgan fingerprint density at radius 1 is 1.38 bits per heavy atom. The van der Waals surface area contributed by atoms with Crippen molar-refractivity contribution in [3.05, 3.63) is 22.7 Å². The second kappa shape index (κ2) is 6.86. The minimum absolute atomic E-state index is 0.0274. The van der Waals surface area contributed by atoms with E-state index in [0.717, 1.165) is 24.8 Å². The molecule has 2 rings (SSSR count). The summed E-state index contributed by atoms with van der Waals surface area (Å²) in [6, 6.07) is 4.15. The first-order valence-electron chi connectivity index (χ1n) is 7.28. The Morgan fingerprint density at radius 3 is 2.76 bits per heavy atom. The zero-order chi connectivity index (χ0) is 15.5. The maximum absolute atomic E-state index is 9.59. The molecular weight excluding hydrogens is 290 g/mol. The van der Waals surface area contributed by atoms with Crippen LogP contribution in [0.1, 0.15) is 31.7 Å². The average molecular weight is 314 g/mol. The van der Waals surface area contributed by atoms with Crippen molar-refractivity contribution in [3.63, 3.8) is 0 Å². The van der Waals surface area contributed by atoms with Gasteiger partial charge >= 0.3 is 0 Å². The molecule has 1 fully saturated rings. The summed E-state index contributed by atoms with van der Waals surface area (Å²) in [6.45, 7) is 3.05. The smallest absolute Gasteiger partial charge is 0.179 e. The first kappa shape index (κ1) is 16.4. The van der Waals surface area contributed by atoms with E-state index in [1.165, 1.54) is 0 Å². The van der Waals surface area contributed by atoms with Crippen LogP contribution >= 0.6 is 11.6 Å². The molecule has 0 saturated heterocycles. The van der Waals surface area contributed by atoms with Gasteiger partial charge in [0.15, 0.2) is 11.5 Å². The van der Waals surface area contributed by atoms with E-state index in [2.05, 4.69) is 12.2 Å². The Balaban J connectivity index is 2.08. The van der Waals surface area contributed by atoms with Gasteiger partial charge in [-0.05, 0) is 30.5 Å². The monoisotopic (exact) mass is 313 g/mol. The van der Waals surface area contributed by atoms with E-state index in [-0.39, 0.29) is 12.0 Å². The van der Waals surface area contributed by atoms with E-state index in [1.807, 2.05) is 12.1 Å². The average Bonchev–Trinajstić information content (AvgIpc) is 2.86. The molecule has 1 aliphatic carbocycles. The Labute approximate surface area is 131 Å². The molecule has 0 bridgehead atoms. The molecule has 0 radical (unpaired) electrons. The van der Waals surface area contributed by atoms with Crippen molar-refractivity contribution in [2.75, 3.05) is 20.8 Å². The number of halogens is 1. The second-order valence-corrected chi connectivity index (χ2v) is 6.36. The molecule has 0 amide bonds. The highest BCUT2D eigenvalue weighted by molar-refractivity contribution is 6.32. The summed E-state index contributed by atoms with van der Waals surface area (Å²) < 4.78 is 10.6. The second-order valence-electron chi connectivity index (χ2n) is 5.95. The molecule has 0 heterocycles. The van der Waals surface area contributed by atoms with Gasteiger partial charge in [0.1, 0.15) is 0 Å². The number of rotatable bonds is 6. The Bertz CT molecular complexity index is 495. The van der Waals surface area contributed by atoms with Crippen LogP contribution in [0.5, 0.6) is 11.5 Å². The number of aliphatic hydroxyl groups excluding tert-OH is 1. The number of ether oxygens (including phenoxy) is 2. The third-order valence-corrected chi connectivity index (χ3v) is 4.77. The van der Waals surface area contributed by atoms with Gasteiger partial charge in [-0.2, -0.15) is 0 Å². The van der Waals surface area contributed by atoms with Crippen LogP contribution in [-0.2, 0) is 6.54 Å². The van der Waals surface area contributed by atoms with Gasteiger partial charge in [0, 0.05) is 24.6 Å². The van der Waals surface area contributed by atoms with Gasteiger partial charge in [-0.25, -0.2) is 0 Å². The maximum Gasteiger partial charge on any atom is 0.179 e. The lowest BCUT2D eigenvalue weighted by Gasteiger charge is -2.30. The van der Waals surface area contributed by atoms with E-state index < -0.39 is 0 Å². The van der Waals surface area contributed by atoms with Crippen LogP contribution in [0.15, 0.2) is 12.1 Å². The number of nitrogens with one attached hydrogen (secondary N) is 1. The quantitative estimate of drug-likeness (QED) is 0.847. The van der Waals surface area contributed by atoms with Gasteiger partial charge in [-0.15, -0.1) is 0 Å². The molecule has 0 spiro atoms. The maximum atomic E-state index is 9.59. The van der Waals surface area contributed by atoms with Crippen LogP contribution in [-0.4, -0.2) is 32.0 Å². The molecule has 21 heavy (non-hydrogen) atoms. The molecule has 1 aromatic rings. The molecule has 2 N–H and O–H groups in total. The van der Waals surface area contributed by atoms with Gasteiger partial charge in [-0.3, -0.25) is 0 Å². The third kappa shape index (κ3) is 3.44. The van der Waals surface area contributed by atoms with Crippen molar-refractivity contribution in [2.45, 2.75) is 38.8 Å². The highest BCUT2D eigenvalue weighted by atomic mass is 35.5. The van der Waals surface area contributed by atoms with Crippen molar-refractivity contribution < 1.29 is 14.6 Å². The topological polar surface area (TPSA) is 50.7 Å². The highest BCUT2D eigenvalue weighted by Gasteiger charge is 2.37. The fraction of sp³-hybridized carbons (Fsp3) is 0.625. The van der Waals surface area contributed by atoms with Crippen LogP contribution in [0.2, 0.25) is 5.02 Å². The molecule has 1 aliphatic rings. The van der Waals surface area contributed by atoms with E-state index in [4.69, 9.17) is 21.1 Å². The summed E-state index contributed by atoms with van der Waals surface area (Å²) in [5.41, 5.74) is 1.02. The van der Waals surface area contributed by atoms with Gasteiger partial charge in [0.25, 0.3) is 0 Å². The van der Waals surface area contributed by atoms with Crippen molar-refractivity contribution in [1.29, 1.82) is 0 Å². The molecule has 4 nitrogen and oxygen atoms in total. The largest absolute Gasteiger partial charge is 0.493 e. The van der Waals surface area contributed by atoms with Crippen LogP contribution in [0.25, 0.3) is 0 Å². The van der Waals surface area contributed by atoms with E-state index in [0.29, 0.717) is 29.1 Å². The summed E-state index contributed by atoms with van der Waals surface area (Å²) in [4.78, 5) is 0. The molecular formula is C16H24ClNO3. The standard InChI is InChI=1S/C16H24ClNO3/c1-16(10-19)6-4-5-14(16)18-9-11-7-12(17)15(21-3)13(8-11)20-2/h7-8,14,18-19H,4-6,9-10H2,1-3H3. The SMILES string of the molecule is COc1cc(CNC2CCCC2(C)CO)cc(Cl)c1OC. The molecule has 1 saturated carbocycles. The van der Waals surface area contributed by atoms with Crippen molar-refractivity contribution >= 4 is 11.6 Å². The molecule has 2 atom stereocenters. The van der Waals surface area contributed by atoms with Gasteiger partial charge in [0.2, 0.25) is 0 Å². The first-order chi connectivity index (χ1) is 10.0. The minimum atomic E-state index is -0.0274. The Kier molecular flexibility index (Phi) is 5.36. The van der Waals surface area contributed by atoms with Crippen LogP contribution < -0.4 is 14.8 Å². The fourth-order valence-corrected chi connectivity index (χ4v) is 3.40. The molecule has 0 aliphatic heterocycles. The lowest BCUT2D eigenvalue weighted by atomic mass is 9.86. The summed E-state index contributed by atoms with van der Waals surface area (Å²) >= 11 is 6.22. The van der Waals surface area contributed by atoms with Crippen LogP contribution in [0.3, 0.4) is 0 Å². The van der Waals surface area contributed by atoms with E-state index >= 15 is 0 Å². The molecule has 0 aromatic heterocycles. The minimum Gasteiger partial charge on any atom is -0.493 e. The van der Waals surface area contributed by atoms with Crippen LogP contribution in [0.4, 0.5) is 0 Å². The fourth-order valence-electron chi connectivity index (χ4n) is 3.08. The summed E-state index contributed by atoms with van der Waals surface area (Å²) in [6.07, 6.45) is 3.31. The number of hydrogen-bond acceptors (Lipinski definition) is 4. The Hall–Kier alpha value is -0.970. The lowest BCUT2D eigenvalue weighted by Crippen LogP contribution is -2.41. The van der Waals surface area contributed by atoms with Crippen molar-refractivity contribution in [2.24, 2.45) is 5.41 Å². The van der Waals surface area contributed by atoms with Crippen LogP contribution in [0, 0.1) is 5.41 Å². The normalized spacial score (nSPS) is 25.1. The zero-order valence-corrected chi connectivity index (χ0v) is 13.7. The summed E-state index contributed by atoms with van der Waals surface area (Å²) in [7, 11) is 3.18. The first-order valence-corrected chi connectivity index (χ1v) is 7.66. The van der Waals surface area contributed by atoms with Crippen molar-refractivity contribution in [3.8, 4) is 11.5 Å². The number of benzene rings is 1. The molecule has 5 heteroatoms. The summed E-state index contributed by atoms with van der Waals surface area (Å²) in [5.74, 6) is 1.20. The third-order valence-electron chi connectivity index (χ3n) is 4.49. The summed E-state index contributed by atoms with van der Waals surface area (Å²) in [5, 5.41) is 13.7. The number of aliphatic hydroxyl groups is 1. The van der Waals surface area contributed by atoms with Gasteiger partial charge in [0.05, 0.1) is 19.2 Å². The molecule has 2 unspecified atom stereocenters.